The summed E-state index contributed by atoms with van der Waals surface area (Å²) in [5, 5.41) is 13.9. The third-order valence-electron chi connectivity index (χ3n) is 2.26. The van der Waals surface area contributed by atoms with E-state index in [0.717, 1.165) is 4.88 Å². The van der Waals surface area contributed by atoms with Gasteiger partial charge in [0, 0.05) is 17.1 Å². The second-order valence-corrected chi connectivity index (χ2v) is 5.65. The normalized spacial score (nSPS) is 10.2. The minimum Gasteiger partial charge on any atom is -0.298 e. The van der Waals surface area contributed by atoms with Crippen molar-refractivity contribution in [1.29, 1.82) is 0 Å². The number of carbonyl (C=O) groups excluding carboxylic acids is 1. The Morgan fingerprint density at radius 3 is 2.84 bits per heavy atom. The van der Waals surface area contributed by atoms with Crippen LogP contribution in [0.15, 0.2) is 28.9 Å². The highest BCUT2D eigenvalue weighted by atomic mass is 79.9. The summed E-state index contributed by atoms with van der Waals surface area (Å²) in [5.41, 5.74) is 0.0463. The van der Waals surface area contributed by atoms with Crippen molar-refractivity contribution in [3.63, 3.8) is 0 Å². The molecule has 1 N–H and O–H groups in total. The first-order valence-electron chi connectivity index (χ1n) is 5.15. The van der Waals surface area contributed by atoms with Crippen molar-refractivity contribution in [1.82, 2.24) is 4.98 Å². The highest BCUT2D eigenvalue weighted by Gasteiger charge is 2.19. The zero-order valence-corrected chi connectivity index (χ0v) is 12.1. The number of nitro groups is 1. The Balaban J connectivity index is 2.29. The van der Waals surface area contributed by atoms with Crippen LogP contribution < -0.4 is 5.32 Å². The predicted octanol–water partition coefficient (Wildman–Crippen LogP) is 3.37. The standard InChI is InChI=1S/C11H8BrN3O3S/c1-6-5-13-11(19-6)14-10(16)7-3-2-4-8(9(7)12)15(17)18/h2-5H,1H3,(H,13,14,16). The molecule has 0 radical (unpaired) electrons. The fraction of sp³-hybridized carbons (Fsp3) is 0.0909. The first-order chi connectivity index (χ1) is 8.99. The van der Waals surface area contributed by atoms with Crippen molar-refractivity contribution < 1.29 is 9.72 Å². The summed E-state index contributed by atoms with van der Waals surface area (Å²) in [7, 11) is 0. The van der Waals surface area contributed by atoms with E-state index in [-0.39, 0.29) is 15.7 Å². The third kappa shape index (κ3) is 2.96. The smallest absolute Gasteiger partial charge is 0.284 e. The molecular weight excluding hydrogens is 334 g/mol. The summed E-state index contributed by atoms with van der Waals surface area (Å²) >= 11 is 4.42. The minimum atomic E-state index is -0.547. The van der Waals surface area contributed by atoms with E-state index < -0.39 is 10.8 Å². The number of hydrogen-bond acceptors (Lipinski definition) is 5. The number of nitrogens with zero attached hydrogens (tertiary/aromatic N) is 2. The lowest BCUT2D eigenvalue weighted by Gasteiger charge is -2.04. The molecule has 98 valence electrons. The number of amides is 1. The number of carbonyl (C=O) groups is 1. The van der Waals surface area contributed by atoms with Crippen LogP contribution in [0.2, 0.25) is 0 Å². The maximum atomic E-state index is 12.0. The Morgan fingerprint density at radius 2 is 2.26 bits per heavy atom. The van der Waals surface area contributed by atoms with Crippen LogP contribution in [0.3, 0.4) is 0 Å². The Kier molecular flexibility index (Phi) is 3.91. The molecular formula is C11H8BrN3O3S. The van der Waals surface area contributed by atoms with Crippen molar-refractivity contribution in [3.8, 4) is 0 Å². The number of halogens is 1. The van der Waals surface area contributed by atoms with E-state index in [1.165, 1.54) is 29.5 Å². The SMILES string of the molecule is Cc1cnc(NC(=O)c2cccc([N+](=O)[O-])c2Br)s1. The summed E-state index contributed by atoms with van der Waals surface area (Å²) in [6.45, 7) is 1.87. The molecule has 19 heavy (non-hydrogen) atoms. The van der Waals surface area contributed by atoms with Crippen molar-refractivity contribution in [3.05, 3.63) is 49.4 Å². The summed E-state index contributed by atoms with van der Waals surface area (Å²) in [6.07, 6.45) is 1.64. The van der Waals surface area contributed by atoms with Crippen LogP contribution in [0.4, 0.5) is 10.8 Å². The molecule has 0 aliphatic carbocycles. The monoisotopic (exact) mass is 341 g/mol. The first kappa shape index (κ1) is 13.6. The van der Waals surface area contributed by atoms with Gasteiger partial charge in [0.2, 0.25) is 0 Å². The zero-order valence-electron chi connectivity index (χ0n) is 9.71. The highest BCUT2D eigenvalue weighted by Crippen LogP contribution is 2.29. The van der Waals surface area contributed by atoms with Gasteiger partial charge in [0.05, 0.1) is 10.5 Å². The molecule has 6 nitrogen and oxygen atoms in total. The maximum Gasteiger partial charge on any atom is 0.284 e. The van der Waals surface area contributed by atoms with Gasteiger partial charge in [0.25, 0.3) is 11.6 Å². The first-order valence-corrected chi connectivity index (χ1v) is 6.76. The molecule has 1 aromatic heterocycles. The molecule has 0 saturated heterocycles. The summed E-state index contributed by atoms with van der Waals surface area (Å²) in [4.78, 5) is 27.2. The minimum absolute atomic E-state index is 0.150. The summed E-state index contributed by atoms with van der Waals surface area (Å²) in [5.74, 6) is -0.440. The molecule has 0 unspecified atom stereocenters. The molecule has 2 rings (SSSR count). The molecule has 8 heteroatoms. The Bertz CT molecular complexity index is 656. The van der Waals surface area contributed by atoms with Gasteiger partial charge in [-0.25, -0.2) is 4.98 Å². The van der Waals surface area contributed by atoms with Gasteiger partial charge < -0.3 is 0 Å². The van der Waals surface area contributed by atoms with E-state index in [9.17, 15) is 14.9 Å². The lowest BCUT2D eigenvalue weighted by atomic mass is 10.2. The van der Waals surface area contributed by atoms with Gasteiger partial charge in [-0.3, -0.25) is 20.2 Å². The van der Waals surface area contributed by atoms with Crippen LogP contribution in [0.25, 0.3) is 0 Å². The maximum absolute atomic E-state index is 12.0. The number of nitro benzene ring substituents is 1. The molecule has 0 spiro atoms. The van der Waals surface area contributed by atoms with Crippen molar-refractivity contribution in [2.24, 2.45) is 0 Å². The Hall–Kier alpha value is -1.80. The predicted molar refractivity (Wildman–Crippen MR) is 75.6 cm³/mol. The molecule has 2 aromatic rings. The number of aryl methyl sites for hydroxylation is 1. The van der Waals surface area contributed by atoms with Crippen LogP contribution in [-0.4, -0.2) is 15.8 Å². The molecule has 1 amide bonds. The van der Waals surface area contributed by atoms with E-state index in [4.69, 9.17) is 0 Å². The van der Waals surface area contributed by atoms with Crippen LogP contribution in [0, 0.1) is 17.0 Å². The number of hydrogen-bond donors (Lipinski definition) is 1. The van der Waals surface area contributed by atoms with Gasteiger partial charge in [-0.1, -0.05) is 6.07 Å². The average Bonchev–Trinajstić information content (AvgIpc) is 2.74. The number of nitrogens with one attached hydrogen (secondary N) is 1. The van der Waals surface area contributed by atoms with Gasteiger partial charge in [-0.15, -0.1) is 11.3 Å². The molecule has 1 aromatic carbocycles. The Morgan fingerprint density at radius 1 is 1.53 bits per heavy atom. The fourth-order valence-electron chi connectivity index (χ4n) is 1.41. The molecule has 1 heterocycles. The number of benzene rings is 1. The van der Waals surface area contributed by atoms with Crippen molar-refractivity contribution >= 4 is 44.0 Å². The highest BCUT2D eigenvalue weighted by molar-refractivity contribution is 9.10. The van der Waals surface area contributed by atoms with E-state index in [1.807, 2.05) is 6.92 Å². The number of thiazole rings is 1. The van der Waals surface area contributed by atoms with Gasteiger partial charge in [-0.05, 0) is 28.9 Å². The van der Waals surface area contributed by atoms with E-state index in [2.05, 4.69) is 26.2 Å². The zero-order chi connectivity index (χ0) is 14.0. The Labute approximate surface area is 120 Å². The van der Waals surface area contributed by atoms with Crippen LogP contribution in [-0.2, 0) is 0 Å². The average molecular weight is 342 g/mol. The third-order valence-corrected chi connectivity index (χ3v) is 3.92. The molecule has 0 bridgehead atoms. The second-order valence-electron chi connectivity index (χ2n) is 3.63. The van der Waals surface area contributed by atoms with E-state index in [1.54, 1.807) is 6.20 Å². The van der Waals surface area contributed by atoms with Gasteiger partial charge in [0.1, 0.15) is 4.47 Å². The van der Waals surface area contributed by atoms with Crippen molar-refractivity contribution in [2.75, 3.05) is 5.32 Å². The molecule has 0 atom stereocenters. The van der Waals surface area contributed by atoms with Crippen molar-refractivity contribution in [2.45, 2.75) is 6.92 Å². The van der Waals surface area contributed by atoms with E-state index in [0.29, 0.717) is 5.13 Å². The fourth-order valence-corrected chi connectivity index (χ4v) is 2.66. The largest absolute Gasteiger partial charge is 0.298 e. The quantitative estimate of drug-likeness (QED) is 0.684. The molecule has 0 aliphatic heterocycles. The van der Waals surface area contributed by atoms with Gasteiger partial charge in [-0.2, -0.15) is 0 Å². The number of rotatable bonds is 3. The molecule has 0 fully saturated rings. The van der Waals surface area contributed by atoms with E-state index >= 15 is 0 Å². The second kappa shape index (κ2) is 5.45. The van der Waals surface area contributed by atoms with Crippen LogP contribution in [0.5, 0.6) is 0 Å². The van der Waals surface area contributed by atoms with Crippen LogP contribution in [0.1, 0.15) is 15.2 Å². The number of anilines is 1. The lowest BCUT2D eigenvalue weighted by Crippen LogP contribution is -2.12. The van der Waals surface area contributed by atoms with Gasteiger partial charge in [0.15, 0.2) is 5.13 Å². The molecule has 0 saturated carbocycles. The van der Waals surface area contributed by atoms with Crippen LogP contribution >= 0.6 is 27.3 Å². The topological polar surface area (TPSA) is 85.1 Å². The summed E-state index contributed by atoms with van der Waals surface area (Å²) in [6, 6.07) is 4.30. The number of aromatic nitrogens is 1. The lowest BCUT2D eigenvalue weighted by molar-refractivity contribution is -0.385. The summed E-state index contributed by atoms with van der Waals surface area (Å²) < 4.78 is 0.158. The van der Waals surface area contributed by atoms with Gasteiger partial charge >= 0.3 is 0 Å². The molecule has 0 aliphatic rings.